The molecule has 0 aromatic carbocycles. The molecule has 0 saturated carbocycles. The van der Waals surface area contributed by atoms with Gasteiger partial charge in [0.15, 0.2) is 0 Å². The molecule has 0 radical (unpaired) electrons. The Morgan fingerprint density at radius 3 is 2.63 bits per heavy atom. The molecular formula is C20H22N6O. The lowest BCUT2D eigenvalue weighted by molar-refractivity contribution is -0.131. The standard InChI is InChI=1S/C20H22N6O/c1-25-14-22-13-17(25)20-19(23-7-8-24-20)16-4-9-26(10-5-16)18(27)11-15-3-2-6-21-12-15/h2-3,6-8,12-14,16H,4-5,9-11H2,1H3. The lowest BCUT2D eigenvalue weighted by Crippen LogP contribution is -2.39. The van der Waals surface area contributed by atoms with E-state index in [-0.39, 0.29) is 5.91 Å². The average Bonchev–Trinajstić information content (AvgIpc) is 3.14. The Morgan fingerprint density at radius 1 is 1.11 bits per heavy atom. The van der Waals surface area contributed by atoms with Crippen molar-refractivity contribution < 1.29 is 4.79 Å². The summed E-state index contributed by atoms with van der Waals surface area (Å²) in [5, 5.41) is 0. The zero-order valence-corrected chi connectivity index (χ0v) is 15.3. The normalized spacial score (nSPS) is 15.1. The number of nitrogens with zero attached hydrogens (tertiary/aromatic N) is 6. The van der Waals surface area contributed by atoms with Crippen LogP contribution < -0.4 is 0 Å². The van der Waals surface area contributed by atoms with Crippen LogP contribution in [-0.4, -0.2) is 48.4 Å². The van der Waals surface area contributed by atoms with Crippen LogP contribution in [0.4, 0.5) is 0 Å². The molecule has 7 heteroatoms. The van der Waals surface area contributed by atoms with E-state index in [0.29, 0.717) is 12.3 Å². The first-order chi connectivity index (χ1) is 13.2. The van der Waals surface area contributed by atoms with Gasteiger partial charge in [-0.15, -0.1) is 0 Å². The van der Waals surface area contributed by atoms with E-state index < -0.39 is 0 Å². The summed E-state index contributed by atoms with van der Waals surface area (Å²) in [6.07, 6.45) is 12.7. The number of amides is 1. The van der Waals surface area contributed by atoms with Gasteiger partial charge in [0, 0.05) is 50.8 Å². The van der Waals surface area contributed by atoms with E-state index in [1.54, 1.807) is 31.1 Å². The quantitative estimate of drug-likeness (QED) is 0.711. The number of hydrogen-bond donors (Lipinski definition) is 0. The number of imidazole rings is 1. The van der Waals surface area contributed by atoms with Crippen LogP contribution in [0.1, 0.15) is 30.0 Å². The molecule has 0 bridgehead atoms. The monoisotopic (exact) mass is 362 g/mol. The van der Waals surface area contributed by atoms with E-state index in [0.717, 1.165) is 48.6 Å². The summed E-state index contributed by atoms with van der Waals surface area (Å²) in [6, 6.07) is 3.81. The lowest BCUT2D eigenvalue weighted by Gasteiger charge is -2.32. The topological polar surface area (TPSA) is 76.8 Å². The van der Waals surface area contributed by atoms with Gasteiger partial charge >= 0.3 is 0 Å². The van der Waals surface area contributed by atoms with E-state index in [4.69, 9.17) is 0 Å². The zero-order valence-electron chi connectivity index (χ0n) is 15.3. The van der Waals surface area contributed by atoms with Gasteiger partial charge in [0.1, 0.15) is 5.69 Å². The minimum atomic E-state index is 0.160. The molecule has 0 unspecified atom stereocenters. The van der Waals surface area contributed by atoms with Crippen molar-refractivity contribution in [1.29, 1.82) is 0 Å². The smallest absolute Gasteiger partial charge is 0.227 e. The van der Waals surface area contributed by atoms with Crippen molar-refractivity contribution in [2.75, 3.05) is 13.1 Å². The Hall–Kier alpha value is -3.09. The number of pyridine rings is 1. The molecule has 1 saturated heterocycles. The molecule has 7 nitrogen and oxygen atoms in total. The van der Waals surface area contributed by atoms with Crippen LogP contribution in [-0.2, 0) is 18.3 Å². The van der Waals surface area contributed by atoms with E-state index in [1.807, 2.05) is 34.8 Å². The predicted octanol–water partition coefficient (Wildman–Crippen LogP) is 2.22. The van der Waals surface area contributed by atoms with E-state index >= 15 is 0 Å². The largest absolute Gasteiger partial charge is 0.342 e. The molecule has 1 aliphatic heterocycles. The highest BCUT2D eigenvalue weighted by Gasteiger charge is 2.27. The fraction of sp³-hybridized carbons (Fsp3) is 0.350. The molecule has 27 heavy (non-hydrogen) atoms. The second-order valence-electron chi connectivity index (χ2n) is 6.87. The number of aryl methyl sites for hydroxylation is 1. The summed E-state index contributed by atoms with van der Waals surface area (Å²) in [5.41, 5.74) is 3.81. The molecule has 4 heterocycles. The molecule has 0 N–H and O–H groups in total. The van der Waals surface area contributed by atoms with Gasteiger partial charge in [0.25, 0.3) is 0 Å². The Balaban J connectivity index is 1.44. The second kappa shape index (κ2) is 7.65. The van der Waals surface area contributed by atoms with Crippen LogP contribution in [0.15, 0.2) is 49.4 Å². The third kappa shape index (κ3) is 3.72. The molecule has 4 rings (SSSR count). The van der Waals surface area contributed by atoms with Crippen molar-refractivity contribution in [2.45, 2.75) is 25.2 Å². The van der Waals surface area contributed by atoms with E-state index in [1.165, 1.54) is 0 Å². The lowest BCUT2D eigenvalue weighted by atomic mass is 9.91. The molecule has 138 valence electrons. The molecule has 3 aromatic rings. The molecule has 0 spiro atoms. The number of likely N-dealkylation sites (tertiary alicyclic amines) is 1. The molecule has 0 aliphatic carbocycles. The Kier molecular flexibility index (Phi) is 4.91. The Bertz CT molecular complexity index is 915. The van der Waals surface area contributed by atoms with Crippen LogP contribution >= 0.6 is 0 Å². The number of carbonyl (C=O) groups excluding carboxylic acids is 1. The third-order valence-corrected chi connectivity index (χ3v) is 5.10. The minimum absolute atomic E-state index is 0.160. The molecular weight excluding hydrogens is 340 g/mol. The predicted molar refractivity (Wildman–Crippen MR) is 101 cm³/mol. The van der Waals surface area contributed by atoms with Crippen LogP contribution in [0.3, 0.4) is 0 Å². The molecule has 1 amide bonds. The van der Waals surface area contributed by atoms with Gasteiger partial charge in [-0.3, -0.25) is 19.7 Å². The maximum atomic E-state index is 12.6. The van der Waals surface area contributed by atoms with Crippen molar-refractivity contribution >= 4 is 5.91 Å². The Labute approximate surface area is 158 Å². The van der Waals surface area contributed by atoms with Gasteiger partial charge in [0.2, 0.25) is 5.91 Å². The maximum absolute atomic E-state index is 12.6. The summed E-state index contributed by atoms with van der Waals surface area (Å²) in [4.78, 5) is 32.0. The number of piperidine rings is 1. The first kappa shape index (κ1) is 17.3. The van der Waals surface area contributed by atoms with Gasteiger partial charge in [-0.25, -0.2) is 4.98 Å². The molecule has 3 aromatic heterocycles. The highest BCUT2D eigenvalue weighted by atomic mass is 16.2. The minimum Gasteiger partial charge on any atom is -0.342 e. The molecule has 1 aliphatic rings. The summed E-state index contributed by atoms with van der Waals surface area (Å²) < 4.78 is 1.96. The first-order valence-electron chi connectivity index (χ1n) is 9.16. The molecule has 0 atom stereocenters. The first-order valence-corrected chi connectivity index (χ1v) is 9.16. The Morgan fingerprint density at radius 2 is 1.93 bits per heavy atom. The number of carbonyl (C=O) groups is 1. The fourth-order valence-corrected chi connectivity index (χ4v) is 3.62. The SMILES string of the molecule is Cn1cncc1-c1nccnc1C1CCN(C(=O)Cc2cccnc2)CC1. The van der Waals surface area contributed by atoms with Gasteiger partial charge in [0.05, 0.1) is 30.3 Å². The third-order valence-electron chi connectivity index (χ3n) is 5.10. The summed E-state index contributed by atoms with van der Waals surface area (Å²) >= 11 is 0. The van der Waals surface area contributed by atoms with Gasteiger partial charge in [-0.05, 0) is 24.5 Å². The van der Waals surface area contributed by atoms with Crippen molar-refractivity contribution in [1.82, 2.24) is 29.4 Å². The van der Waals surface area contributed by atoms with E-state index in [2.05, 4.69) is 19.9 Å². The van der Waals surface area contributed by atoms with Crippen LogP contribution in [0.25, 0.3) is 11.4 Å². The van der Waals surface area contributed by atoms with E-state index in [9.17, 15) is 4.79 Å². The summed E-state index contributed by atoms with van der Waals surface area (Å²) in [5.74, 6) is 0.457. The number of hydrogen-bond acceptors (Lipinski definition) is 5. The highest BCUT2D eigenvalue weighted by Crippen LogP contribution is 2.32. The van der Waals surface area contributed by atoms with Gasteiger partial charge in [-0.2, -0.15) is 0 Å². The zero-order chi connectivity index (χ0) is 18.6. The second-order valence-corrected chi connectivity index (χ2v) is 6.87. The van der Waals surface area contributed by atoms with Gasteiger partial charge in [-0.1, -0.05) is 6.07 Å². The number of rotatable bonds is 4. The fourth-order valence-electron chi connectivity index (χ4n) is 3.62. The van der Waals surface area contributed by atoms with Crippen molar-refractivity contribution in [3.8, 4) is 11.4 Å². The van der Waals surface area contributed by atoms with Gasteiger partial charge < -0.3 is 9.47 Å². The highest BCUT2D eigenvalue weighted by molar-refractivity contribution is 5.78. The van der Waals surface area contributed by atoms with Crippen molar-refractivity contribution in [2.24, 2.45) is 7.05 Å². The van der Waals surface area contributed by atoms with Crippen LogP contribution in [0.2, 0.25) is 0 Å². The molecule has 1 fully saturated rings. The summed E-state index contributed by atoms with van der Waals surface area (Å²) in [6.45, 7) is 1.48. The number of aromatic nitrogens is 5. The summed E-state index contributed by atoms with van der Waals surface area (Å²) in [7, 11) is 1.96. The van der Waals surface area contributed by atoms with Crippen LogP contribution in [0, 0.1) is 0 Å². The van der Waals surface area contributed by atoms with Crippen LogP contribution in [0.5, 0.6) is 0 Å². The van der Waals surface area contributed by atoms with Crippen molar-refractivity contribution in [3.63, 3.8) is 0 Å². The maximum Gasteiger partial charge on any atom is 0.227 e. The average molecular weight is 362 g/mol. The van der Waals surface area contributed by atoms with Crippen molar-refractivity contribution in [3.05, 3.63) is 60.7 Å².